The van der Waals surface area contributed by atoms with Crippen LogP contribution in [0.3, 0.4) is 0 Å². The quantitative estimate of drug-likeness (QED) is 0.769. The largest absolute Gasteiger partial charge is 0.348 e. The smallest absolute Gasteiger partial charge is 0.251 e. The third kappa shape index (κ3) is 3.57. The van der Waals surface area contributed by atoms with Gasteiger partial charge in [-0.25, -0.2) is 9.07 Å². The Balaban J connectivity index is 1.69. The van der Waals surface area contributed by atoms with E-state index >= 15 is 0 Å². The molecular weight excluding hydrogens is 311 g/mol. The van der Waals surface area contributed by atoms with E-state index in [1.807, 2.05) is 0 Å². The first-order valence-electron chi connectivity index (χ1n) is 7.30. The van der Waals surface area contributed by atoms with Gasteiger partial charge < -0.3 is 10.3 Å². The lowest BCUT2D eigenvalue weighted by Crippen LogP contribution is -2.24. The Kier molecular flexibility index (Phi) is 4.24. The van der Waals surface area contributed by atoms with Crippen LogP contribution in [0.15, 0.2) is 53.6 Å². The summed E-state index contributed by atoms with van der Waals surface area (Å²) in [6, 6.07) is 8.91. The summed E-state index contributed by atoms with van der Waals surface area (Å²) in [5, 5.41) is 6.88. The molecule has 3 aromatic rings. The predicted octanol–water partition coefficient (Wildman–Crippen LogP) is 1.94. The van der Waals surface area contributed by atoms with E-state index in [9.17, 15) is 14.0 Å². The number of aryl methyl sites for hydroxylation is 1. The van der Waals surface area contributed by atoms with E-state index in [0.717, 1.165) is 5.56 Å². The molecule has 0 saturated heterocycles. The number of H-pyrrole nitrogens is 1. The molecule has 0 aliphatic carbocycles. The van der Waals surface area contributed by atoms with Crippen molar-refractivity contribution in [3.63, 3.8) is 0 Å². The number of pyridine rings is 1. The lowest BCUT2D eigenvalue weighted by molar-refractivity contribution is 0.0950. The number of benzene rings is 1. The van der Waals surface area contributed by atoms with Crippen LogP contribution in [0.4, 0.5) is 4.39 Å². The number of amides is 1. The fourth-order valence-electron chi connectivity index (χ4n) is 2.31. The molecular formula is C17H15FN4O2. The molecule has 0 spiro atoms. The molecule has 0 radical (unpaired) electrons. The van der Waals surface area contributed by atoms with Crippen LogP contribution in [-0.2, 0) is 6.54 Å². The van der Waals surface area contributed by atoms with Crippen molar-refractivity contribution in [3.8, 4) is 5.69 Å². The maximum absolute atomic E-state index is 13.2. The molecule has 1 aromatic carbocycles. The maximum Gasteiger partial charge on any atom is 0.251 e. The van der Waals surface area contributed by atoms with Gasteiger partial charge in [-0.3, -0.25) is 9.59 Å². The van der Waals surface area contributed by atoms with Crippen LogP contribution >= 0.6 is 0 Å². The van der Waals surface area contributed by atoms with Gasteiger partial charge in [-0.2, -0.15) is 5.10 Å². The Labute approximate surface area is 137 Å². The van der Waals surface area contributed by atoms with Crippen molar-refractivity contribution >= 4 is 5.91 Å². The predicted molar refractivity (Wildman–Crippen MR) is 86.5 cm³/mol. The van der Waals surface area contributed by atoms with E-state index in [4.69, 9.17) is 0 Å². The van der Waals surface area contributed by atoms with Gasteiger partial charge in [-0.15, -0.1) is 0 Å². The Morgan fingerprint density at radius 1 is 1.33 bits per heavy atom. The zero-order chi connectivity index (χ0) is 17.1. The van der Waals surface area contributed by atoms with Gasteiger partial charge in [0, 0.05) is 35.6 Å². The molecule has 0 unspecified atom stereocenters. The van der Waals surface area contributed by atoms with Crippen molar-refractivity contribution in [2.75, 3.05) is 0 Å². The Bertz CT molecular complexity index is 946. The Morgan fingerprint density at radius 3 is 2.92 bits per heavy atom. The Morgan fingerprint density at radius 2 is 2.17 bits per heavy atom. The van der Waals surface area contributed by atoms with Crippen molar-refractivity contribution in [3.05, 3.63) is 81.8 Å². The minimum Gasteiger partial charge on any atom is -0.348 e. The number of carbonyl (C=O) groups is 1. The highest BCUT2D eigenvalue weighted by atomic mass is 19.1. The molecule has 0 aliphatic heterocycles. The summed E-state index contributed by atoms with van der Waals surface area (Å²) < 4.78 is 14.8. The normalized spacial score (nSPS) is 10.6. The zero-order valence-electron chi connectivity index (χ0n) is 12.9. The number of rotatable bonds is 4. The van der Waals surface area contributed by atoms with Gasteiger partial charge in [0.05, 0.1) is 11.9 Å². The van der Waals surface area contributed by atoms with Crippen LogP contribution in [0.5, 0.6) is 0 Å². The number of halogens is 1. The summed E-state index contributed by atoms with van der Waals surface area (Å²) in [6.45, 7) is 1.96. The number of hydrogen-bond donors (Lipinski definition) is 2. The molecule has 3 rings (SSSR count). The van der Waals surface area contributed by atoms with E-state index < -0.39 is 0 Å². The first-order chi connectivity index (χ1) is 11.5. The van der Waals surface area contributed by atoms with Crippen molar-refractivity contribution in [1.29, 1.82) is 0 Å². The SMILES string of the molecule is Cc1cc(C(=O)NCc2cnn(-c3cccc(F)c3)c2)cc(=O)[nH]1. The number of aromatic nitrogens is 3. The molecule has 0 fully saturated rings. The summed E-state index contributed by atoms with van der Waals surface area (Å²) >= 11 is 0. The third-order valence-corrected chi connectivity index (χ3v) is 3.40. The molecule has 0 saturated carbocycles. The molecule has 7 heteroatoms. The number of nitrogens with zero attached hydrogens (tertiary/aromatic N) is 2. The van der Waals surface area contributed by atoms with Gasteiger partial charge in [0.2, 0.25) is 5.56 Å². The van der Waals surface area contributed by atoms with Gasteiger partial charge >= 0.3 is 0 Å². The highest BCUT2D eigenvalue weighted by Crippen LogP contribution is 2.10. The molecule has 1 amide bonds. The van der Waals surface area contributed by atoms with E-state index in [1.54, 1.807) is 37.5 Å². The van der Waals surface area contributed by atoms with Crippen molar-refractivity contribution < 1.29 is 9.18 Å². The lowest BCUT2D eigenvalue weighted by Gasteiger charge is -2.04. The van der Waals surface area contributed by atoms with E-state index in [1.165, 1.54) is 22.9 Å². The molecule has 0 aliphatic rings. The first kappa shape index (κ1) is 15.7. The minimum absolute atomic E-state index is 0.250. The summed E-state index contributed by atoms with van der Waals surface area (Å²) in [5.74, 6) is -0.690. The van der Waals surface area contributed by atoms with E-state index in [-0.39, 0.29) is 23.8 Å². The van der Waals surface area contributed by atoms with Crippen LogP contribution in [0.2, 0.25) is 0 Å². The average molecular weight is 326 g/mol. The second kappa shape index (κ2) is 6.49. The van der Waals surface area contributed by atoms with Crippen molar-refractivity contribution in [1.82, 2.24) is 20.1 Å². The lowest BCUT2D eigenvalue weighted by atomic mass is 10.2. The van der Waals surface area contributed by atoms with Crippen LogP contribution in [-0.4, -0.2) is 20.7 Å². The van der Waals surface area contributed by atoms with Gasteiger partial charge in [-0.05, 0) is 31.2 Å². The van der Waals surface area contributed by atoms with Crippen LogP contribution < -0.4 is 10.9 Å². The number of hydrogen-bond acceptors (Lipinski definition) is 3. The van der Waals surface area contributed by atoms with Crippen LogP contribution in [0.1, 0.15) is 21.6 Å². The van der Waals surface area contributed by atoms with Gasteiger partial charge in [0.1, 0.15) is 5.82 Å². The topological polar surface area (TPSA) is 79.8 Å². The second-order valence-corrected chi connectivity index (χ2v) is 5.37. The van der Waals surface area contributed by atoms with Crippen LogP contribution in [0.25, 0.3) is 5.69 Å². The summed E-state index contributed by atoms with van der Waals surface area (Å²) in [6.07, 6.45) is 3.30. The molecule has 122 valence electrons. The number of carbonyl (C=O) groups excluding carboxylic acids is 1. The summed E-state index contributed by atoms with van der Waals surface area (Å²) in [7, 11) is 0. The molecule has 6 nitrogen and oxygen atoms in total. The first-order valence-corrected chi connectivity index (χ1v) is 7.30. The highest BCUT2D eigenvalue weighted by molar-refractivity contribution is 5.94. The van der Waals surface area contributed by atoms with Gasteiger partial charge in [0.25, 0.3) is 5.91 Å². The van der Waals surface area contributed by atoms with Crippen molar-refractivity contribution in [2.24, 2.45) is 0 Å². The minimum atomic E-state index is -0.345. The average Bonchev–Trinajstić information content (AvgIpc) is 3.00. The van der Waals surface area contributed by atoms with Crippen LogP contribution in [0, 0.1) is 12.7 Å². The second-order valence-electron chi connectivity index (χ2n) is 5.37. The fraction of sp³-hybridized carbons (Fsp3) is 0.118. The fourth-order valence-corrected chi connectivity index (χ4v) is 2.31. The van der Waals surface area contributed by atoms with Gasteiger partial charge in [-0.1, -0.05) is 6.07 Å². The van der Waals surface area contributed by atoms with Gasteiger partial charge in [0.15, 0.2) is 0 Å². The van der Waals surface area contributed by atoms with E-state index in [2.05, 4.69) is 15.4 Å². The number of nitrogens with one attached hydrogen (secondary N) is 2. The molecule has 0 atom stereocenters. The summed E-state index contributed by atoms with van der Waals surface area (Å²) in [4.78, 5) is 26.1. The summed E-state index contributed by atoms with van der Waals surface area (Å²) in [5.41, 5.74) is 1.95. The zero-order valence-corrected chi connectivity index (χ0v) is 12.9. The monoisotopic (exact) mass is 326 g/mol. The molecule has 0 bridgehead atoms. The highest BCUT2D eigenvalue weighted by Gasteiger charge is 2.08. The van der Waals surface area contributed by atoms with E-state index in [0.29, 0.717) is 16.9 Å². The molecule has 2 aromatic heterocycles. The standard InChI is InChI=1S/C17H15FN4O2/c1-11-5-13(6-16(23)21-11)17(24)19-8-12-9-20-22(10-12)15-4-2-3-14(18)7-15/h2-7,9-10H,8H2,1H3,(H,19,24)(H,21,23). The molecule has 2 heterocycles. The third-order valence-electron chi connectivity index (χ3n) is 3.40. The Hall–Kier alpha value is -3.22. The molecule has 2 N–H and O–H groups in total. The maximum atomic E-state index is 13.2. The number of aromatic amines is 1. The molecule has 24 heavy (non-hydrogen) atoms. The van der Waals surface area contributed by atoms with Crippen molar-refractivity contribution in [2.45, 2.75) is 13.5 Å².